The summed E-state index contributed by atoms with van der Waals surface area (Å²) in [6.07, 6.45) is 0. The van der Waals surface area contributed by atoms with Gasteiger partial charge in [-0.3, -0.25) is 4.79 Å². The van der Waals surface area contributed by atoms with Crippen molar-refractivity contribution in [2.24, 2.45) is 5.73 Å². The average Bonchev–Trinajstić information content (AvgIpc) is 2.76. The van der Waals surface area contributed by atoms with Crippen LogP contribution in [0.3, 0.4) is 0 Å². The summed E-state index contributed by atoms with van der Waals surface area (Å²) < 4.78 is 36.0. The van der Waals surface area contributed by atoms with Crippen molar-refractivity contribution in [2.75, 3.05) is 5.73 Å². The molecule has 0 saturated heterocycles. The molecule has 0 bridgehead atoms. The van der Waals surface area contributed by atoms with Gasteiger partial charge in [-0.15, -0.1) is 0 Å². The van der Waals surface area contributed by atoms with Crippen molar-refractivity contribution < 1.29 is 18.3 Å². The number of aryl methyl sites for hydroxylation is 1. The quantitative estimate of drug-likeness (QED) is 0.903. The van der Waals surface area contributed by atoms with Crippen LogP contribution >= 0.6 is 11.5 Å². The number of benzene rings is 1. The molecule has 2 aromatic rings. The van der Waals surface area contributed by atoms with E-state index in [0.29, 0.717) is 0 Å². The molecule has 1 aromatic carbocycles. The van der Waals surface area contributed by atoms with Crippen LogP contribution in [0, 0.1) is 18.6 Å². The topological polar surface area (TPSA) is 91.2 Å². The van der Waals surface area contributed by atoms with Gasteiger partial charge in [0.25, 0.3) is 5.91 Å². The monoisotopic (exact) mass is 299 g/mol. The van der Waals surface area contributed by atoms with Crippen molar-refractivity contribution >= 4 is 22.4 Å². The molecule has 0 aliphatic carbocycles. The number of hydrogen-bond acceptors (Lipinski definition) is 5. The van der Waals surface area contributed by atoms with Gasteiger partial charge < -0.3 is 16.2 Å². The Labute approximate surface area is 117 Å². The Hall–Kier alpha value is -2.22. The second kappa shape index (κ2) is 5.41. The van der Waals surface area contributed by atoms with Gasteiger partial charge in [0.05, 0.1) is 0 Å². The van der Waals surface area contributed by atoms with Gasteiger partial charge in [0.1, 0.15) is 17.2 Å². The number of aromatic nitrogens is 1. The number of nitrogen functional groups attached to an aromatic ring is 1. The molecule has 1 aromatic heterocycles. The molecule has 0 unspecified atom stereocenters. The van der Waals surface area contributed by atoms with Crippen LogP contribution in [-0.4, -0.2) is 10.3 Å². The molecule has 2 rings (SSSR count). The second-order valence-corrected chi connectivity index (χ2v) is 4.85. The third-order valence-corrected chi connectivity index (χ3v) is 3.31. The van der Waals surface area contributed by atoms with Crippen molar-refractivity contribution in [3.05, 3.63) is 40.5 Å². The van der Waals surface area contributed by atoms with E-state index < -0.39 is 17.5 Å². The maximum Gasteiger partial charge on any atom is 0.257 e. The van der Waals surface area contributed by atoms with E-state index in [1.165, 1.54) is 19.1 Å². The molecule has 0 radical (unpaired) electrons. The van der Waals surface area contributed by atoms with Crippen molar-refractivity contribution in [3.63, 3.8) is 0 Å². The van der Waals surface area contributed by atoms with E-state index in [0.717, 1.165) is 11.5 Å². The molecule has 0 atom stereocenters. The van der Waals surface area contributed by atoms with E-state index in [2.05, 4.69) is 4.37 Å². The summed E-state index contributed by atoms with van der Waals surface area (Å²) in [5.41, 5.74) is 10.8. The molecule has 0 aliphatic heterocycles. The number of carbonyl (C=O) groups excluding carboxylic acids is 1. The highest BCUT2D eigenvalue weighted by atomic mass is 32.1. The van der Waals surface area contributed by atoms with Crippen molar-refractivity contribution in [1.82, 2.24) is 4.37 Å². The lowest BCUT2D eigenvalue weighted by Crippen LogP contribution is -2.14. The van der Waals surface area contributed by atoms with Gasteiger partial charge in [0, 0.05) is 5.56 Å². The minimum Gasteiger partial charge on any atom is -0.471 e. The highest BCUT2D eigenvalue weighted by Gasteiger charge is 2.19. The SMILES string of the molecule is Cc1ccc(COc2nsc(N)c2C(N)=O)c(F)c1F. The smallest absolute Gasteiger partial charge is 0.257 e. The molecule has 0 saturated carbocycles. The Bertz CT molecular complexity index is 673. The number of nitrogens with zero attached hydrogens (tertiary/aromatic N) is 1. The summed E-state index contributed by atoms with van der Waals surface area (Å²) in [5.74, 6) is -2.80. The zero-order valence-corrected chi connectivity index (χ0v) is 11.3. The summed E-state index contributed by atoms with van der Waals surface area (Å²) in [6, 6.07) is 2.83. The van der Waals surface area contributed by atoms with Crippen molar-refractivity contribution in [1.29, 1.82) is 0 Å². The van der Waals surface area contributed by atoms with E-state index in [1.54, 1.807) is 0 Å². The molecule has 4 N–H and O–H groups in total. The molecule has 1 heterocycles. The van der Waals surface area contributed by atoms with Crippen LogP contribution in [-0.2, 0) is 6.61 Å². The minimum absolute atomic E-state index is 0.00934. The van der Waals surface area contributed by atoms with E-state index in [-0.39, 0.29) is 34.2 Å². The number of amides is 1. The van der Waals surface area contributed by atoms with Crippen LogP contribution in [0.1, 0.15) is 21.5 Å². The fourth-order valence-corrected chi connectivity index (χ4v) is 2.16. The van der Waals surface area contributed by atoms with E-state index in [9.17, 15) is 13.6 Å². The number of nitrogens with two attached hydrogens (primary N) is 2. The standard InChI is InChI=1S/C12H11F2N3O2S/c1-5-2-3-6(9(14)8(5)13)4-19-12-7(10(15)18)11(16)20-17-12/h2-3H,4,16H2,1H3,(H2,15,18). The van der Waals surface area contributed by atoms with Crippen LogP contribution in [0.2, 0.25) is 0 Å². The molecule has 106 valence electrons. The fourth-order valence-electron chi connectivity index (χ4n) is 1.56. The van der Waals surface area contributed by atoms with E-state index in [1.807, 2.05) is 0 Å². The minimum atomic E-state index is -0.992. The number of anilines is 1. The molecule has 20 heavy (non-hydrogen) atoms. The largest absolute Gasteiger partial charge is 0.471 e. The highest BCUT2D eigenvalue weighted by molar-refractivity contribution is 7.10. The van der Waals surface area contributed by atoms with Crippen LogP contribution in [0.4, 0.5) is 13.8 Å². The number of halogens is 2. The Kier molecular flexibility index (Phi) is 3.84. The predicted molar refractivity (Wildman–Crippen MR) is 70.5 cm³/mol. The Balaban J connectivity index is 2.22. The molecular weight excluding hydrogens is 288 g/mol. The van der Waals surface area contributed by atoms with Gasteiger partial charge in [0.15, 0.2) is 11.6 Å². The van der Waals surface area contributed by atoms with Gasteiger partial charge in [-0.1, -0.05) is 12.1 Å². The van der Waals surface area contributed by atoms with Crippen LogP contribution in [0.15, 0.2) is 12.1 Å². The zero-order chi connectivity index (χ0) is 14.9. The Morgan fingerprint density at radius 3 is 2.75 bits per heavy atom. The van der Waals surface area contributed by atoms with Gasteiger partial charge in [0.2, 0.25) is 5.88 Å². The lowest BCUT2D eigenvalue weighted by Gasteiger charge is -2.07. The number of hydrogen-bond donors (Lipinski definition) is 2. The number of primary amides is 1. The van der Waals surface area contributed by atoms with Crippen molar-refractivity contribution in [2.45, 2.75) is 13.5 Å². The van der Waals surface area contributed by atoms with Gasteiger partial charge >= 0.3 is 0 Å². The fraction of sp³-hybridized carbons (Fsp3) is 0.167. The molecular formula is C12H11F2N3O2S. The van der Waals surface area contributed by atoms with E-state index >= 15 is 0 Å². The third kappa shape index (κ3) is 2.55. The van der Waals surface area contributed by atoms with Crippen LogP contribution in [0.5, 0.6) is 5.88 Å². The summed E-state index contributed by atoms with van der Waals surface area (Å²) in [4.78, 5) is 11.2. The number of rotatable bonds is 4. The first kappa shape index (κ1) is 14.2. The first-order chi connectivity index (χ1) is 9.41. The predicted octanol–water partition coefficient (Wildman–Crippen LogP) is 1.99. The molecule has 0 spiro atoms. The van der Waals surface area contributed by atoms with E-state index in [4.69, 9.17) is 16.2 Å². The van der Waals surface area contributed by atoms with Crippen molar-refractivity contribution in [3.8, 4) is 5.88 Å². The molecule has 0 aliphatic rings. The maximum atomic E-state index is 13.6. The first-order valence-electron chi connectivity index (χ1n) is 5.53. The third-order valence-electron chi connectivity index (χ3n) is 2.65. The lowest BCUT2D eigenvalue weighted by molar-refractivity contribution is 0.0996. The summed E-state index contributed by atoms with van der Waals surface area (Å²) in [7, 11) is 0. The summed E-state index contributed by atoms with van der Waals surface area (Å²) in [6.45, 7) is 1.17. The summed E-state index contributed by atoms with van der Waals surface area (Å²) in [5, 5.41) is 0.114. The van der Waals surface area contributed by atoms with Gasteiger partial charge in [-0.2, -0.15) is 4.37 Å². The molecule has 5 nitrogen and oxygen atoms in total. The highest BCUT2D eigenvalue weighted by Crippen LogP contribution is 2.28. The summed E-state index contributed by atoms with van der Waals surface area (Å²) >= 11 is 0.838. The maximum absolute atomic E-state index is 13.6. The van der Waals surface area contributed by atoms with Crippen LogP contribution < -0.4 is 16.2 Å². The molecule has 8 heteroatoms. The zero-order valence-electron chi connectivity index (χ0n) is 10.4. The Morgan fingerprint density at radius 1 is 1.40 bits per heavy atom. The second-order valence-electron chi connectivity index (χ2n) is 4.05. The lowest BCUT2D eigenvalue weighted by atomic mass is 10.1. The average molecular weight is 299 g/mol. The Morgan fingerprint density at radius 2 is 2.10 bits per heavy atom. The van der Waals surface area contributed by atoms with Gasteiger partial charge in [-0.05, 0) is 24.0 Å². The van der Waals surface area contributed by atoms with Gasteiger partial charge in [-0.25, -0.2) is 8.78 Å². The number of carbonyl (C=O) groups is 1. The van der Waals surface area contributed by atoms with Crippen LogP contribution in [0.25, 0.3) is 0 Å². The number of ether oxygens (including phenoxy) is 1. The molecule has 0 fully saturated rings. The normalized spacial score (nSPS) is 10.6. The molecule has 1 amide bonds. The first-order valence-corrected chi connectivity index (χ1v) is 6.30.